The Morgan fingerprint density at radius 3 is 2.57 bits per heavy atom. The van der Waals surface area contributed by atoms with Crippen molar-refractivity contribution in [2.45, 2.75) is 31.9 Å². The Morgan fingerprint density at radius 1 is 1.24 bits per heavy atom. The minimum Gasteiger partial charge on any atom is -0.377 e. The summed E-state index contributed by atoms with van der Waals surface area (Å²) in [5, 5.41) is 3.02. The van der Waals surface area contributed by atoms with Crippen LogP contribution in [0.3, 0.4) is 0 Å². The molecule has 1 aliphatic rings. The monoisotopic (exact) mass is 301 g/mol. The molecule has 0 bridgehead atoms. The molecule has 21 heavy (non-hydrogen) atoms. The molecular weight excluding hydrogens is 282 g/mol. The lowest BCUT2D eigenvalue weighted by atomic mass is 10.1. The number of benzene rings is 1. The SMILES string of the molecule is CO[C@@H](C)c1ccc(-c2ccc(C(=O)NC3CC3)s2)cc1. The molecule has 3 nitrogen and oxygen atoms in total. The van der Waals surface area contributed by atoms with Gasteiger partial charge in [-0.25, -0.2) is 0 Å². The molecule has 3 rings (SSSR count). The van der Waals surface area contributed by atoms with E-state index in [0.29, 0.717) is 6.04 Å². The third-order valence-electron chi connectivity index (χ3n) is 3.76. The van der Waals surface area contributed by atoms with Gasteiger partial charge < -0.3 is 10.1 Å². The van der Waals surface area contributed by atoms with Gasteiger partial charge in [-0.1, -0.05) is 24.3 Å². The van der Waals surface area contributed by atoms with E-state index in [1.54, 1.807) is 18.4 Å². The van der Waals surface area contributed by atoms with Crippen molar-refractivity contribution in [1.29, 1.82) is 0 Å². The predicted molar refractivity (Wildman–Crippen MR) is 85.7 cm³/mol. The first kappa shape index (κ1) is 14.3. The Hall–Kier alpha value is -1.65. The van der Waals surface area contributed by atoms with Crippen LogP contribution >= 0.6 is 11.3 Å². The maximum absolute atomic E-state index is 12.0. The molecule has 1 heterocycles. The maximum Gasteiger partial charge on any atom is 0.261 e. The van der Waals surface area contributed by atoms with Crippen LogP contribution in [0.5, 0.6) is 0 Å². The topological polar surface area (TPSA) is 38.3 Å². The van der Waals surface area contributed by atoms with E-state index in [4.69, 9.17) is 4.74 Å². The van der Waals surface area contributed by atoms with Crippen LogP contribution in [0.2, 0.25) is 0 Å². The molecule has 1 amide bonds. The standard InChI is InChI=1S/C17H19NO2S/c1-11(20-2)12-3-5-13(6-4-12)15-9-10-16(21-15)17(19)18-14-7-8-14/h3-6,9-11,14H,7-8H2,1-2H3,(H,18,19)/t11-/m0/s1. The lowest BCUT2D eigenvalue weighted by Gasteiger charge is -2.09. The summed E-state index contributed by atoms with van der Waals surface area (Å²) in [7, 11) is 1.71. The van der Waals surface area contributed by atoms with Crippen LogP contribution in [-0.2, 0) is 4.74 Å². The average molecular weight is 301 g/mol. The molecule has 0 radical (unpaired) electrons. The Bertz CT molecular complexity index is 628. The third kappa shape index (κ3) is 3.34. The number of methoxy groups -OCH3 is 1. The number of hydrogen-bond donors (Lipinski definition) is 1. The average Bonchev–Trinajstić information content (AvgIpc) is 3.18. The number of carbonyl (C=O) groups excluding carboxylic acids is 1. The van der Waals surface area contributed by atoms with Crippen LogP contribution in [0.25, 0.3) is 10.4 Å². The van der Waals surface area contributed by atoms with Crippen LogP contribution < -0.4 is 5.32 Å². The summed E-state index contributed by atoms with van der Waals surface area (Å²) >= 11 is 1.54. The van der Waals surface area contributed by atoms with Crippen molar-refractivity contribution in [2.75, 3.05) is 7.11 Å². The van der Waals surface area contributed by atoms with Crippen LogP contribution in [0.15, 0.2) is 36.4 Å². The number of rotatable bonds is 5. The molecule has 2 aromatic rings. The zero-order chi connectivity index (χ0) is 14.8. The molecule has 1 saturated carbocycles. The highest BCUT2D eigenvalue weighted by atomic mass is 32.1. The first-order valence-electron chi connectivity index (χ1n) is 7.21. The molecule has 1 aromatic heterocycles. The fourth-order valence-electron chi connectivity index (χ4n) is 2.15. The van der Waals surface area contributed by atoms with E-state index < -0.39 is 0 Å². The van der Waals surface area contributed by atoms with Gasteiger partial charge in [0.15, 0.2) is 0 Å². The highest BCUT2D eigenvalue weighted by molar-refractivity contribution is 7.17. The molecule has 1 atom stereocenters. The molecule has 0 unspecified atom stereocenters. The van der Waals surface area contributed by atoms with Crippen molar-refractivity contribution in [3.8, 4) is 10.4 Å². The lowest BCUT2D eigenvalue weighted by molar-refractivity contribution is 0.0955. The Balaban J connectivity index is 1.74. The van der Waals surface area contributed by atoms with Crippen molar-refractivity contribution >= 4 is 17.2 Å². The molecule has 1 aliphatic carbocycles. The highest BCUT2D eigenvalue weighted by Gasteiger charge is 2.24. The largest absolute Gasteiger partial charge is 0.377 e. The highest BCUT2D eigenvalue weighted by Crippen LogP contribution is 2.30. The minimum absolute atomic E-state index is 0.0541. The van der Waals surface area contributed by atoms with E-state index in [1.165, 1.54) is 0 Å². The number of thiophene rings is 1. The molecule has 110 valence electrons. The first-order valence-corrected chi connectivity index (χ1v) is 8.03. The van der Waals surface area contributed by atoms with Crippen molar-refractivity contribution in [2.24, 2.45) is 0 Å². The Kier molecular flexibility index (Phi) is 4.08. The van der Waals surface area contributed by atoms with Crippen LogP contribution in [0, 0.1) is 0 Å². The van der Waals surface area contributed by atoms with Crippen molar-refractivity contribution in [1.82, 2.24) is 5.32 Å². The van der Waals surface area contributed by atoms with Crippen LogP contribution in [0.1, 0.15) is 41.1 Å². The Labute approximate surface area is 129 Å². The van der Waals surface area contributed by atoms with Crippen molar-refractivity contribution in [3.63, 3.8) is 0 Å². The smallest absolute Gasteiger partial charge is 0.261 e. The summed E-state index contributed by atoms with van der Waals surface area (Å²) in [5.74, 6) is 0.0541. The van der Waals surface area contributed by atoms with Gasteiger partial charge in [-0.15, -0.1) is 11.3 Å². The number of nitrogens with one attached hydrogen (secondary N) is 1. The fraction of sp³-hybridized carbons (Fsp3) is 0.353. The molecule has 1 N–H and O–H groups in total. The maximum atomic E-state index is 12.0. The second kappa shape index (κ2) is 6.00. The molecule has 0 spiro atoms. The van der Waals surface area contributed by atoms with Gasteiger partial charge in [-0.05, 0) is 43.0 Å². The lowest BCUT2D eigenvalue weighted by Crippen LogP contribution is -2.24. The van der Waals surface area contributed by atoms with E-state index in [9.17, 15) is 4.79 Å². The predicted octanol–water partition coefficient (Wildman–Crippen LogP) is 4.01. The van der Waals surface area contributed by atoms with Gasteiger partial charge in [0.1, 0.15) is 0 Å². The Morgan fingerprint density at radius 2 is 1.95 bits per heavy atom. The van der Waals surface area contributed by atoms with E-state index >= 15 is 0 Å². The second-order valence-electron chi connectivity index (χ2n) is 5.41. The number of hydrogen-bond acceptors (Lipinski definition) is 3. The number of ether oxygens (including phenoxy) is 1. The third-order valence-corrected chi connectivity index (χ3v) is 4.89. The van der Waals surface area contributed by atoms with Gasteiger partial charge in [0.05, 0.1) is 11.0 Å². The summed E-state index contributed by atoms with van der Waals surface area (Å²) in [6.07, 6.45) is 2.33. The van der Waals surface area contributed by atoms with Crippen molar-refractivity contribution in [3.05, 3.63) is 46.8 Å². The number of carbonyl (C=O) groups is 1. The number of amides is 1. The molecule has 0 aliphatic heterocycles. The van der Waals surface area contributed by atoms with Crippen LogP contribution in [0.4, 0.5) is 0 Å². The zero-order valence-electron chi connectivity index (χ0n) is 12.3. The van der Waals surface area contributed by atoms with E-state index in [0.717, 1.165) is 33.7 Å². The molecule has 1 aromatic carbocycles. The van der Waals surface area contributed by atoms with E-state index in [-0.39, 0.29) is 12.0 Å². The van der Waals surface area contributed by atoms with E-state index in [2.05, 4.69) is 29.6 Å². The van der Waals surface area contributed by atoms with Gasteiger partial charge >= 0.3 is 0 Å². The fourth-order valence-corrected chi connectivity index (χ4v) is 3.07. The summed E-state index contributed by atoms with van der Waals surface area (Å²) in [4.78, 5) is 13.9. The quantitative estimate of drug-likeness (QED) is 0.906. The normalized spacial score (nSPS) is 15.7. The van der Waals surface area contributed by atoms with Crippen molar-refractivity contribution < 1.29 is 9.53 Å². The van der Waals surface area contributed by atoms with Gasteiger partial charge in [0.25, 0.3) is 5.91 Å². The second-order valence-corrected chi connectivity index (χ2v) is 6.50. The summed E-state index contributed by atoms with van der Waals surface area (Å²) in [5.41, 5.74) is 2.29. The van der Waals surface area contributed by atoms with E-state index in [1.807, 2.05) is 19.1 Å². The van der Waals surface area contributed by atoms with Gasteiger partial charge in [-0.2, -0.15) is 0 Å². The minimum atomic E-state index is 0.0541. The molecule has 4 heteroatoms. The zero-order valence-corrected chi connectivity index (χ0v) is 13.1. The molecular formula is C17H19NO2S. The summed E-state index contributed by atoms with van der Waals surface area (Å²) < 4.78 is 5.31. The van der Waals surface area contributed by atoms with Crippen LogP contribution in [-0.4, -0.2) is 19.1 Å². The molecule has 0 saturated heterocycles. The van der Waals surface area contributed by atoms with Gasteiger partial charge in [0, 0.05) is 18.0 Å². The van der Waals surface area contributed by atoms with Gasteiger partial charge in [0.2, 0.25) is 0 Å². The first-order chi connectivity index (χ1) is 10.2. The summed E-state index contributed by atoms with van der Waals surface area (Å²) in [6.45, 7) is 2.03. The van der Waals surface area contributed by atoms with Gasteiger partial charge in [-0.3, -0.25) is 4.79 Å². The molecule has 1 fully saturated rings. The summed E-state index contributed by atoms with van der Waals surface area (Å²) in [6, 6.07) is 12.6.